The Balaban J connectivity index is 2.96. The van der Waals surface area contributed by atoms with Crippen molar-refractivity contribution in [1.29, 1.82) is 0 Å². The Hall–Kier alpha value is -1.22. The first-order chi connectivity index (χ1) is 8.38. The van der Waals surface area contributed by atoms with Crippen molar-refractivity contribution >= 4 is 0 Å². The van der Waals surface area contributed by atoms with Crippen LogP contribution in [0.15, 0.2) is 18.2 Å². The van der Waals surface area contributed by atoms with Gasteiger partial charge in [-0.05, 0) is 23.6 Å². The summed E-state index contributed by atoms with van der Waals surface area (Å²) in [6, 6.07) is 5.84. The van der Waals surface area contributed by atoms with Crippen molar-refractivity contribution in [3.63, 3.8) is 0 Å². The van der Waals surface area contributed by atoms with Crippen molar-refractivity contribution in [3.05, 3.63) is 23.8 Å². The predicted molar refractivity (Wildman–Crippen MR) is 73.4 cm³/mol. The molecule has 0 aromatic heterocycles. The average Bonchev–Trinajstić information content (AvgIpc) is 2.34. The van der Waals surface area contributed by atoms with E-state index in [2.05, 4.69) is 20.8 Å². The zero-order chi connectivity index (χ0) is 13.8. The van der Waals surface area contributed by atoms with Gasteiger partial charge in [0.1, 0.15) is 11.5 Å². The van der Waals surface area contributed by atoms with Crippen molar-refractivity contribution in [2.45, 2.75) is 33.1 Å². The Labute approximate surface area is 110 Å². The molecule has 0 aliphatic heterocycles. The van der Waals surface area contributed by atoms with Crippen LogP contribution in [0.4, 0.5) is 0 Å². The number of benzene rings is 1. The molecule has 0 saturated carbocycles. The lowest BCUT2D eigenvalue weighted by Gasteiger charge is -2.24. The molecule has 0 saturated heterocycles. The standard InChI is InChI=1S/C15H24O3/c1-11(9-16)10-18-14-7-6-12(17-5)8-13(14)15(2,3)4/h6-8,11,16H,9-10H2,1-5H3. The minimum absolute atomic E-state index is 0.00761. The van der Waals surface area contributed by atoms with Crippen LogP contribution >= 0.6 is 0 Å². The first-order valence-corrected chi connectivity index (χ1v) is 6.30. The Kier molecular flexibility index (Phi) is 5.03. The molecule has 1 aromatic rings. The van der Waals surface area contributed by atoms with E-state index in [0.29, 0.717) is 6.61 Å². The zero-order valence-corrected chi connectivity index (χ0v) is 12.0. The smallest absolute Gasteiger partial charge is 0.123 e. The van der Waals surface area contributed by atoms with Gasteiger partial charge in [-0.25, -0.2) is 0 Å². The van der Waals surface area contributed by atoms with Gasteiger partial charge in [0.2, 0.25) is 0 Å². The molecule has 0 spiro atoms. The molecule has 0 radical (unpaired) electrons. The molecule has 1 aromatic carbocycles. The van der Waals surface area contributed by atoms with Crippen molar-refractivity contribution in [2.24, 2.45) is 5.92 Å². The van der Waals surface area contributed by atoms with Gasteiger partial charge < -0.3 is 14.6 Å². The van der Waals surface area contributed by atoms with E-state index in [1.165, 1.54) is 0 Å². The van der Waals surface area contributed by atoms with Gasteiger partial charge in [0, 0.05) is 18.1 Å². The SMILES string of the molecule is COc1ccc(OCC(C)CO)c(C(C)(C)C)c1. The van der Waals surface area contributed by atoms with Crippen molar-refractivity contribution in [3.8, 4) is 11.5 Å². The van der Waals surface area contributed by atoms with Crippen molar-refractivity contribution in [1.82, 2.24) is 0 Å². The third kappa shape index (κ3) is 3.91. The normalized spacial score (nSPS) is 13.2. The summed E-state index contributed by atoms with van der Waals surface area (Å²) in [5, 5.41) is 9.02. The minimum atomic E-state index is -0.00761. The van der Waals surface area contributed by atoms with E-state index < -0.39 is 0 Å². The van der Waals surface area contributed by atoms with Crippen LogP contribution in [0.25, 0.3) is 0 Å². The van der Waals surface area contributed by atoms with E-state index in [1.807, 2.05) is 25.1 Å². The zero-order valence-electron chi connectivity index (χ0n) is 12.0. The van der Waals surface area contributed by atoms with Gasteiger partial charge >= 0.3 is 0 Å². The molecule has 18 heavy (non-hydrogen) atoms. The number of hydrogen-bond donors (Lipinski definition) is 1. The molecule has 3 heteroatoms. The van der Waals surface area contributed by atoms with E-state index in [4.69, 9.17) is 14.6 Å². The van der Waals surface area contributed by atoms with Gasteiger partial charge in [-0.2, -0.15) is 0 Å². The summed E-state index contributed by atoms with van der Waals surface area (Å²) in [5.74, 6) is 1.84. The molecule has 3 nitrogen and oxygen atoms in total. The van der Waals surface area contributed by atoms with Crippen LogP contribution in [0, 0.1) is 5.92 Å². The molecule has 1 unspecified atom stereocenters. The quantitative estimate of drug-likeness (QED) is 0.875. The lowest BCUT2D eigenvalue weighted by Crippen LogP contribution is -2.17. The van der Waals surface area contributed by atoms with Crippen LogP contribution in [0.3, 0.4) is 0 Å². The molecular weight excluding hydrogens is 228 g/mol. The van der Waals surface area contributed by atoms with Crippen LogP contribution in [0.1, 0.15) is 33.3 Å². The fraction of sp³-hybridized carbons (Fsp3) is 0.600. The van der Waals surface area contributed by atoms with Gasteiger partial charge in [-0.3, -0.25) is 0 Å². The summed E-state index contributed by atoms with van der Waals surface area (Å²) in [6.45, 7) is 9.05. The second kappa shape index (κ2) is 6.10. The first-order valence-electron chi connectivity index (χ1n) is 6.30. The molecule has 0 amide bonds. The highest BCUT2D eigenvalue weighted by Gasteiger charge is 2.20. The topological polar surface area (TPSA) is 38.7 Å². The van der Waals surface area contributed by atoms with Crippen molar-refractivity contribution < 1.29 is 14.6 Å². The number of hydrogen-bond acceptors (Lipinski definition) is 3. The van der Waals surface area contributed by atoms with Crippen LogP contribution in [-0.4, -0.2) is 25.4 Å². The molecule has 0 heterocycles. The molecule has 1 rings (SSSR count). The van der Waals surface area contributed by atoms with Crippen LogP contribution in [0.5, 0.6) is 11.5 Å². The number of methoxy groups -OCH3 is 1. The summed E-state index contributed by atoms with van der Waals surface area (Å²) in [5.41, 5.74) is 1.11. The fourth-order valence-corrected chi connectivity index (χ4v) is 1.63. The third-order valence-corrected chi connectivity index (χ3v) is 2.83. The number of aliphatic hydroxyl groups is 1. The number of rotatable bonds is 5. The average molecular weight is 252 g/mol. The van der Waals surface area contributed by atoms with Gasteiger partial charge in [-0.1, -0.05) is 27.7 Å². The second-order valence-electron chi connectivity index (χ2n) is 5.71. The summed E-state index contributed by atoms with van der Waals surface area (Å²) in [4.78, 5) is 0. The van der Waals surface area contributed by atoms with Crippen LogP contribution in [0.2, 0.25) is 0 Å². The number of aliphatic hydroxyl groups excluding tert-OH is 1. The molecular formula is C15H24O3. The van der Waals surface area contributed by atoms with Crippen molar-refractivity contribution in [2.75, 3.05) is 20.3 Å². The molecule has 1 atom stereocenters. The maximum Gasteiger partial charge on any atom is 0.123 e. The molecule has 0 aliphatic carbocycles. The molecule has 0 fully saturated rings. The monoisotopic (exact) mass is 252 g/mol. The highest BCUT2D eigenvalue weighted by Crippen LogP contribution is 2.34. The van der Waals surface area contributed by atoms with Crippen LogP contribution in [-0.2, 0) is 5.41 Å². The second-order valence-corrected chi connectivity index (χ2v) is 5.71. The first kappa shape index (κ1) is 14.8. The highest BCUT2D eigenvalue weighted by molar-refractivity contribution is 5.44. The molecule has 0 bridgehead atoms. The summed E-state index contributed by atoms with van der Waals surface area (Å²) in [6.07, 6.45) is 0. The maximum atomic E-state index is 9.02. The highest BCUT2D eigenvalue weighted by atomic mass is 16.5. The van der Waals surface area contributed by atoms with Gasteiger partial charge in [0.05, 0.1) is 13.7 Å². The lowest BCUT2D eigenvalue weighted by molar-refractivity contribution is 0.172. The maximum absolute atomic E-state index is 9.02. The van der Waals surface area contributed by atoms with Gasteiger partial charge in [-0.15, -0.1) is 0 Å². The van der Waals surface area contributed by atoms with Crippen LogP contribution < -0.4 is 9.47 Å². The number of ether oxygens (including phenoxy) is 2. The summed E-state index contributed by atoms with van der Waals surface area (Å²) >= 11 is 0. The Morgan fingerprint density at radius 1 is 1.28 bits per heavy atom. The third-order valence-electron chi connectivity index (χ3n) is 2.83. The molecule has 102 valence electrons. The van der Waals surface area contributed by atoms with E-state index in [-0.39, 0.29) is 17.9 Å². The molecule has 1 N–H and O–H groups in total. The van der Waals surface area contributed by atoms with Gasteiger partial charge in [0.15, 0.2) is 0 Å². The summed E-state index contributed by atoms with van der Waals surface area (Å²) < 4.78 is 11.1. The van der Waals surface area contributed by atoms with E-state index in [1.54, 1.807) is 7.11 Å². The fourth-order valence-electron chi connectivity index (χ4n) is 1.63. The summed E-state index contributed by atoms with van der Waals surface area (Å²) in [7, 11) is 1.66. The van der Waals surface area contributed by atoms with E-state index in [0.717, 1.165) is 17.1 Å². The Morgan fingerprint density at radius 2 is 1.94 bits per heavy atom. The van der Waals surface area contributed by atoms with E-state index >= 15 is 0 Å². The molecule has 0 aliphatic rings. The Morgan fingerprint density at radius 3 is 2.44 bits per heavy atom. The van der Waals surface area contributed by atoms with E-state index in [9.17, 15) is 0 Å². The predicted octanol–water partition coefficient (Wildman–Crippen LogP) is 3.00. The Bertz CT molecular complexity index is 380. The lowest BCUT2D eigenvalue weighted by atomic mass is 9.86. The van der Waals surface area contributed by atoms with Gasteiger partial charge in [0.25, 0.3) is 0 Å². The minimum Gasteiger partial charge on any atom is -0.497 e. The largest absolute Gasteiger partial charge is 0.497 e.